The molecule has 0 saturated carbocycles. The van der Waals surface area contributed by atoms with Gasteiger partial charge in [0.1, 0.15) is 11.4 Å². The molecule has 0 saturated heterocycles. The Balaban J connectivity index is 0.00000408. The van der Waals surface area contributed by atoms with Gasteiger partial charge in [-0.15, -0.1) is 10.2 Å². The van der Waals surface area contributed by atoms with Crippen LogP contribution >= 0.6 is 0 Å². The first-order valence-electron chi connectivity index (χ1n) is 9.03. The van der Waals surface area contributed by atoms with Crippen molar-refractivity contribution in [3.63, 3.8) is 0 Å². The summed E-state index contributed by atoms with van der Waals surface area (Å²) in [4.78, 5) is -0.569. The number of hydrogen-bond acceptors (Lipinski definition) is 10. The summed E-state index contributed by atoms with van der Waals surface area (Å²) in [5.74, 6) is 0. The maximum absolute atomic E-state index is 11.1. The van der Waals surface area contributed by atoms with E-state index in [4.69, 9.17) is 20.6 Å². The molecule has 12 nitrogen and oxygen atoms in total. The SMILES string of the molecule is Cc1cc(N=Nc2ccc(S(=O)(=O)O)cc2)c(N)c(N=Nc2ccc(S(=O)(=O)O)cc2)c1N.[Na+]. The minimum absolute atomic E-state index is 0. The molecule has 34 heavy (non-hydrogen) atoms. The van der Waals surface area contributed by atoms with Crippen molar-refractivity contribution < 1.29 is 55.5 Å². The molecule has 0 bridgehead atoms. The van der Waals surface area contributed by atoms with Crippen LogP contribution < -0.4 is 41.0 Å². The Morgan fingerprint density at radius 1 is 0.676 bits per heavy atom. The molecule has 3 rings (SSSR count). The van der Waals surface area contributed by atoms with Gasteiger partial charge in [-0.05, 0) is 67.1 Å². The van der Waals surface area contributed by atoms with Crippen molar-refractivity contribution in [1.82, 2.24) is 0 Å². The third-order valence-corrected chi connectivity index (χ3v) is 6.11. The van der Waals surface area contributed by atoms with Gasteiger partial charge < -0.3 is 11.5 Å². The van der Waals surface area contributed by atoms with Gasteiger partial charge >= 0.3 is 29.6 Å². The number of rotatable bonds is 6. The zero-order valence-electron chi connectivity index (χ0n) is 18.0. The Morgan fingerprint density at radius 3 is 1.50 bits per heavy atom. The zero-order chi connectivity index (χ0) is 24.4. The molecule has 6 N–H and O–H groups in total. The van der Waals surface area contributed by atoms with Crippen LogP contribution in [0.1, 0.15) is 5.56 Å². The summed E-state index contributed by atoms with van der Waals surface area (Å²) in [6.45, 7) is 1.70. The van der Waals surface area contributed by atoms with E-state index in [2.05, 4.69) is 20.5 Å². The molecule has 0 heterocycles. The molecule has 0 aliphatic heterocycles. The van der Waals surface area contributed by atoms with Crippen LogP contribution in [-0.2, 0) is 20.2 Å². The number of anilines is 2. The molecular formula is C19H18N6NaO6S2+. The van der Waals surface area contributed by atoms with Crippen molar-refractivity contribution in [2.24, 2.45) is 20.5 Å². The van der Waals surface area contributed by atoms with Gasteiger partial charge in [-0.3, -0.25) is 9.11 Å². The Hall–Kier alpha value is -2.72. The van der Waals surface area contributed by atoms with Gasteiger partial charge in [0, 0.05) is 0 Å². The number of hydrogen-bond donors (Lipinski definition) is 4. The van der Waals surface area contributed by atoms with Crippen molar-refractivity contribution >= 4 is 54.4 Å². The average Bonchev–Trinajstić information content (AvgIpc) is 2.74. The predicted octanol–water partition coefficient (Wildman–Crippen LogP) is 1.49. The first kappa shape index (κ1) is 27.5. The molecule has 0 aliphatic carbocycles. The van der Waals surface area contributed by atoms with Gasteiger partial charge in [0.2, 0.25) is 0 Å². The van der Waals surface area contributed by atoms with Gasteiger partial charge in [0.25, 0.3) is 20.2 Å². The molecule has 0 spiro atoms. The number of azo groups is 2. The van der Waals surface area contributed by atoms with Crippen molar-refractivity contribution in [3.05, 3.63) is 60.2 Å². The van der Waals surface area contributed by atoms with E-state index in [0.29, 0.717) is 11.3 Å². The van der Waals surface area contributed by atoms with Crippen molar-refractivity contribution in [2.45, 2.75) is 16.7 Å². The van der Waals surface area contributed by atoms with E-state index < -0.39 is 20.2 Å². The molecule has 0 amide bonds. The monoisotopic (exact) mass is 513 g/mol. The van der Waals surface area contributed by atoms with Gasteiger partial charge in [-0.1, -0.05) is 0 Å². The summed E-state index contributed by atoms with van der Waals surface area (Å²) in [6.07, 6.45) is 0. The van der Waals surface area contributed by atoms with E-state index >= 15 is 0 Å². The second-order valence-electron chi connectivity index (χ2n) is 6.73. The second kappa shape index (κ2) is 10.7. The molecule has 0 aromatic heterocycles. The summed E-state index contributed by atoms with van der Waals surface area (Å²) >= 11 is 0. The summed E-state index contributed by atoms with van der Waals surface area (Å²) in [5.41, 5.74) is 14.1. The normalized spacial score (nSPS) is 12.2. The third kappa shape index (κ3) is 6.66. The maximum atomic E-state index is 11.1. The quantitative estimate of drug-likeness (QED) is 0.164. The van der Waals surface area contributed by atoms with Gasteiger partial charge in [-0.2, -0.15) is 27.1 Å². The van der Waals surface area contributed by atoms with Crippen LogP contribution in [0.25, 0.3) is 0 Å². The van der Waals surface area contributed by atoms with E-state index in [9.17, 15) is 16.8 Å². The predicted molar refractivity (Wildman–Crippen MR) is 121 cm³/mol. The van der Waals surface area contributed by atoms with E-state index in [1.165, 1.54) is 48.5 Å². The van der Waals surface area contributed by atoms with Gasteiger partial charge in [0.15, 0.2) is 0 Å². The second-order valence-corrected chi connectivity index (χ2v) is 9.57. The smallest absolute Gasteiger partial charge is 0.397 e. The van der Waals surface area contributed by atoms with Crippen molar-refractivity contribution in [1.29, 1.82) is 0 Å². The van der Waals surface area contributed by atoms with Gasteiger partial charge in [0.05, 0.1) is 32.5 Å². The Labute approximate surface area is 217 Å². The van der Waals surface area contributed by atoms with E-state index in [-0.39, 0.29) is 67.8 Å². The molecule has 0 atom stereocenters. The van der Waals surface area contributed by atoms with E-state index in [0.717, 1.165) is 0 Å². The number of nitrogens with two attached hydrogens (primary N) is 2. The van der Waals surface area contributed by atoms with Gasteiger partial charge in [-0.25, -0.2) is 0 Å². The number of nitrogens with zero attached hydrogens (tertiary/aromatic N) is 4. The summed E-state index contributed by atoms with van der Waals surface area (Å²) in [7, 11) is -8.65. The van der Waals surface area contributed by atoms with Crippen LogP contribution in [-0.4, -0.2) is 25.9 Å². The first-order valence-corrected chi connectivity index (χ1v) is 11.9. The standard InChI is InChI=1S/C19H18N6O6S2.Na/c1-11-10-16(24-22-12-2-6-14(7-3-12)32(26,27)28)18(21)19(17(11)20)25-23-13-4-8-15(9-5-13)33(29,30)31;/h2-10H,20-21H2,1H3,(H,26,27,28)(H,29,30,31);/q;+1. The fourth-order valence-corrected chi connectivity index (χ4v) is 3.55. The minimum atomic E-state index is -4.33. The molecule has 15 heteroatoms. The summed E-state index contributed by atoms with van der Waals surface area (Å²) < 4.78 is 62.5. The van der Waals surface area contributed by atoms with Crippen molar-refractivity contribution in [3.8, 4) is 0 Å². The number of aryl methyl sites for hydroxylation is 1. The van der Waals surface area contributed by atoms with Crippen LogP contribution in [0.2, 0.25) is 0 Å². The molecule has 0 aliphatic rings. The molecule has 0 fully saturated rings. The van der Waals surface area contributed by atoms with Crippen LogP contribution in [0, 0.1) is 6.92 Å². The van der Waals surface area contributed by atoms with Crippen LogP contribution in [0.4, 0.5) is 34.1 Å². The van der Waals surface area contributed by atoms with Crippen LogP contribution in [0.15, 0.2) is 84.8 Å². The number of benzene rings is 3. The molecule has 3 aromatic rings. The minimum Gasteiger partial charge on any atom is -0.397 e. The summed E-state index contributed by atoms with van der Waals surface area (Å²) in [5, 5.41) is 16.1. The largest absolute Gasteiger partial charge is 1.00 e. The zero-order valence-corrected chi connectivity index (χ0v) is 21.6. The third-order valence-electron chi connectivity index (χ3n) is 4.37. The van der Waals surface area contributed by atoms with Crippen LogP contribution in [0.3, 0.4) is 0 Å². The van der Waals surface area contributed by atoms with Crippen LogP contribution in [0.5, 0.6) is 0 Å². The summed E-state index contributed by atoms with van der Waals surface area (Å²) in [6, 6.07) is 11.6. The average molecular weight is 514 g/mol. The molecular weight excluding hydrogens is 495 g/mol. The van der Waals surface area contributed by atoms with E-state index in [1.807, 2.05) is 0 Å². The molecule has 3 aromatic carbocycles. The molecule has 0 unspecified atom stereocenters. The fraction of sp³-hybridized carbons (Fsp3) is 0.0526. The number of nitrogen functional groups attached to an aromatic ring is 2. The van der Waals surface area contributed by atoms with Crippen molar-refractivity contribution in [2.75, 3.05) is 11.5 Å². The topological polar surface area (TPSA) is 210 Å². The Bertz CT molecular complexity index is 1470. The molecule has 0 radical (unpaired) electrons. The Kier molecular flexibility index (Phi) is 8.65. The first-order chi connectivity index (χ1) is 15.4. The Morgan fingerprint density at radius 2 is 1.09 bits per heavy atom. The fourth-order valence-electron chi connectivity index (χ4n) is 2.59. The molecule has 172 valence electrons. The van der Waals surface area contributed by atoms with E-state index in [1.54, 1.807) is 13.0 Å². The maximum Gasteiger partial charge on any atom is 1.00 e.